The first-order valence-corrected chi connectivity index (χ1v) is 10.5. The number of aromatic nitrogens is 3. The number of pyridine rings is 1. The molecule has 0 saturated carbocycles. The molecular formula is C23H23FN6O3. The largest absolute Gasteiger partial charge is 0.477 e. The van der Waals surface area contributed by atoms with Crippen LogP contribution in [0.25, 0.3) is 0 Å². The second-order valence-electron chi connectivity index (χ2n) is 7.37. The van der Waals surface area contributed by atoms with Gasteiger partial charge in [0.05, 0.1) is 12.8 Å². The molecule has 3 amide bonds. The van der Waals surface area contributed by atoms with Gasteiger partial charge in [-0.1, -0.05) is 18.2 Å². The second-order valence-corrected chi connectivity index (χ2v) is 7.37. The molecule has 3 heterocycles. The Bertz CT molecular complexity index is 1110. The summed E-state index contributed by atoms with van der Waals surface area (Å²) in [5.41, 5.74) is 1.01. The van der Waals surface area contributed by atoms with E-state index in [0.29, 0.717) is 55.4 Å². The summed E-state index contributed by atoms with van der Waals surface area (Å²) in [6.07, 6.45) is 6.40. The number of urea groups is 1. The molecule has 2 aromatic heterocycles. The first-order chi connectivity index (χ1) is 16.1. The second kappa shape index (κ2) is 10.5. The molecule has 33 heavy (non-hydrogen) atoms. The van der Waals surface area contributed by atoms with Crippen LogP contribution in [0.3, 0.4) is 0 Å². The number of hydrogen-bond donors (Lipinski definition) is 1. The number of piperazine rings is 1. The van der Waals surface area contributed by atoms with Crippen molar-refractivity contribution in [1.29, 1.82) is 0 Å². The van der Waals surface area contributed by atoms with Crippen molar-refractivity contribution >= 4 is 17.8 Å². The van der Waals surface area contributed by atoms with Gasteiger partial charge < -0.3 is 14.5 Å². The van der Waals surface area contributed by atoms with E-state index >= 15 is 0 Å². The number of nitrogens with one attached hydrogen (secondary N) is 1. The van der Waals surface area contributed by atoms with Crippen LogP contribution in [0.1, 0.15) is 15.9 Å². The van der Waals surface area contributed by atoms with Crippen molar-refractivity contribution in [3.63, 3.8) is 0 Å². The Balaban J connectivity index is 1.28. The molecule has 0 bridgehead atoms. The normalized spacial score (nSPS) is 13.5. The lowest BCUT2D eigenvalue weighted by atomic mass is 10.1. The van der Waals surface area contributed by atoms with E-state index in [1.54, 1.807) is 40.1 Å². The maximum absolute atomic E-state index is 13.7. The summed E-state index contributed by atoms with van der Waals surface area (Å²) in [5, 5.41) is 2.69. The van der Waals surface area contributed by atoms with Crippen LogP contribution in [0.5, 0.6) is 5.88 Å². The Morgan fingerprint density at radius 1 is 1.00 bits per heavy atom. The highest BCUT2D eigenvalue weighted by atomic mass is 19.1. The van der Waals surface area contributed by atoms with E-state index in [-0.39, 0.29) is 24.4 Å². The fourth-order valence-corrected chi connectivity index (χ4v) is 3.44. The Morgan fingerprint density at radius 2 is 1.79 bits per heavy atom. The third kappa shape index (κ3) is 5.79. The van der Waals surface area contributed by atoms with Crippen molar-refractivity contribution in [1.82, 2.24) is 24.8 Å². The summed E-state index contributed by atoms with van der Waals surface area (Å²) < 4.78 is 19.3. The minimum Gasteiger partial charge on any atom is -0.477 e. The van der Waals surface area contributed by atoms with Gasteiger partial charge in [-0.25, -0.2) is 19.2 Å². The number of halogens is 1. The van der Waals surface area contributed by atoms with Crippen LogP contribution in [0.4, 0.5) is 15.0 Å². The van der Waals surface area contributed by atoms with Crippen molar-refractivity contribution in [3.05, 3.63) is 78.1 Å². The Kier molecular flexibility index (Phi) is 7.03. The molecule has 3 aromatic rings. The quantitative estimate of drug-likeness (QED) is 0.620. The molecule has 0 aliphatic carbocycles. The van der Waals surface area contributed by atoms with E-state index in [1.807, 2.05) is 0 Å². The summed E-state index contributed by atoms with van der Waals surface area (Å²) in [4.78, 5) is 40.7. The molecule has 1 fully saturated rings. The van der Waals surface area contributed by atoms with Crippen LogP contribution < -0.4 is 10.1 Å². The lowest BCUT2D eigenvalue weighted by Gasteiger charge is -2.34. The van der Waals surface area contributed by atoms with Crippen LogP contribution in [0, 0.1) is 5.82 Å². The average Bonchev–Trinajstić information content (AvgIpc) is 2.86. The number of carbonyl (C=O) groups is 2. The highest BCUT2D eigenvalue weighted by Crippen LogP contribution is 2.15. The van der Waals surface area contributed by atoms with Gasteiger partial charge in [0.25, 0.3) is 5.91 Å². The molecule has 1 aromatic carbocycles. The van der Waals surface area contributed by atoms with E-state index in [2.05, 4.69) is 20.3 Å². The van der Waals surface area contributed by atoms with Crippen molar-refractivity contribution in [3.8, 4) is 5.88 Å². The molecule has 0 spiro atoms. The van der Waals surface area contributed by atoms with Crippen LogP contribution in [-0.2, 0) is 6.42 Å². The van der Waals surface area contributed by atoms with E-state index < -0.39 is 0 Å². The molecular weight excluding hydrogens is 427 g/mol. The first kappa shape index (κ1) is 22.1. The van der Waals surface area contributed by atoms with Gasteiger partial charge in [-0.2, -0.15) is 0 Å². The number of ether oxygens (including phenoxy) is 1. The van der Waals surface area contributed by atoms with E-state index in [0.717, 1.165) is 0 Å². The third-order valence-corrected chi connectivity index (χ3v) is 5.21. The van der Waals surface area contributed by atoms with Gasteiger partial charge in [0, 0.05) is 62.8 Å². The number of benzene rings is 1. The van der Waals surface area contributed by atoms with Crippen molar-refractivity contribution in [2.24, 2.45) is 0 Å². The monoisotopic (exact) mass is 450 g/mol. The molecule has 4 rings (SSSR count). The van der Waals surface area contributed by atoms with Crippen LogP contribution >= 0.6 is 0 Å². The van der Waals surface area contributed by atoms with E-state index in [4.69, 9.17) is 4.74 Å². The standard InChI is InChI=1S/C23H23FN6O3/c24-19-4-2-1-3-17(19)6-14-33-21-15-18(5-7-27-21)22(31)29-10-12-30(13-11-29)23(32)28-20-16-25-8-9-26-20/h1-5,7-9,15-16H,6,10-14H2,(H,26,28,32). The zero-order valence-electron chi connectivity index (χ0n) is 17.9. The van der Waals surface area contributed by atoms with E-state index in [9.17, 15) is 14.0 Å². The van der Waals surface area contributed by atoms with Gasteiger partial charge in [-0.3, -0.25) is 15.1 Å². The van der Waals surface area contributed by atoms with Crippen LogP contribution in [0.2, 0.25) is 0 Å². The number of carbonyl (C=O) groups excluding carboxylic acids is 2. The average molecular weight is 450 g/mol. The minimum absolute atomic E-state index is 0.162. The Hall–Kier alpha value is -4.08. The Morgan fingerprint density at radius 3 is 2.55 bits per heavy atom. The fourth-order valence-electron chi connectivity index (χ4n) is 3.44. The molecule has 10 heteroatoms. The zero-order valence-corrected chi connectivity index (χ0v) is 17.9. The molecule has 0 atom stereocenters. The van der Waals surface area contributed by atoms with Gasteiger partial charge in [0.1, 0.15) is 5.82 Å². The summed E-state index contributed by atoms with van der Waals surface area (Å²) in [7, 11) is 0. The van der Waals surface area contributed by atoms with Gasteiger partial charge in [-0.15, -0.1) is 0 Å². The topological polar surface area (TPSA) is 101 Å². The van der Waals surface area contributed by atoms with Crippen LogP contribution in [-0.4, -0.2) is 69.5 Å². The van der Waals surface area contributed by atoms with Gasteiger partial charge in [-0.05, 0) is 17.7 Å². The van der Waals surface area contributed by atoms with Gasteiger partial charge >= 0.3 is 6.03 Å². The maximum Gasteiger partial charge on any atom is 0.323 e. The minimum atomic E-state index is -0.281. The fraction of sp³-hybridized carbons (Fsp3) is 0.261. The number of hydrogen-bond acceptors (Lipinski definition) is 6. The molecule has 170 valence electrons. The predicted octanol–water partition coefficient (Wildman–Crippen LogP) is 2.62. The number of anilines is 1. The highest BCUT2D eigenvalue weighted by molar-refractivity contribution is 5.94. The summed E-state index contributed by atoms with van der Waals surface area (Å²) in [6.45, 7) is 1.84. The van der Waals surface area contributed by atoms with Crippen LogP contribution in [0.15, 0.2) is 61.2 Å². The summed E-state index contributed by atoms with van der Waals surface area (Å²) in [5.74, 6) is 0.243. The Labute approximate surface area is 190 Å². The molecule has 0 radical (unpaired) electrons. The summed E-state index contributed by atoms with van der Waals surface area (Å²) >= 11 is 0. The molecule has 9 nitrogen and oxygen atoms in total. The molecule has 0 unspecified atom stereocenters. The summed E-state index contributed by atoms with van der Waals surface area (Å²) in [6, 6.07) is 9.45. The highest BCUT2D eigenvalue weighted by Gasteiger charge is 2.25. The number of rotatable bonds is 6. The van der Waals surface area contributed by atoms with E-state index in [1.165, 1.54) is 30.9 Å². The maximum atomic E-state index is 13.7. The lowest BCUT2D eigenvalue weighted by molar-refractivity contribution is 0.0671. The smallest absolute Gasteiger partial charge is 0.323 e. The molecule has 1 N–H and O–H groups in total. The van der Waals surface area contributed by atoms with Gasteiger partial charge in [0.2, 0.25) is 5.88 Å². The number of amides is 3. The van der Waals surface area contributed by atoms with Crippen molar-refractivity contribution in [2.75, 3.05) is 38.1 Å². The van der Waals surface area contributed by atoms with Crippen molar-refractivity contribution in [2.45, 2.75) is 6.42 Å². The lowest BCUT2D eigenvalue weighted by Crippen LogP contribution is -2.51. The SMILES string of the molecule is O=C(Nc1cnccn1)N1CCN(C(=O)c2ccnc(OCCc3ccccc3F)c2)CC1. The first-order valence-electron chi connectivity index (χ1n) is 10.5. The van der Waals surface area contributed by atoms with Gasteiger partial charge in [0.15, 0.2) is 5.82 Å². The number of nitrogens with zero attached hydrogens (tertiary/aromatic N) is 5. The molecule has 1 saturated heterocycles. The molecule has 1 aliphatic rings. The third-order valence-electron chi connectivity index (χ3n) is 5.21. The molecule has 1 aliphatic heterocycles. The van der Waals surface area contributed by atoms with Crippen molar-refractivity contribution < 1.29 is 18.7 Å². The zero-order chi connectivity index (χ0) is 23.0. The predicted molar refractivity (Wildman–Crippen MR) is 118 cm³/mol.